The Kier molecular flexibility index (Phi) is 4.96. The second-order valence-corrected chi connectivity index (χ2v) is 7.76. The van der Waals surface area contributed by atoms with E-state index in [2.05, 4.69) is 10.0 Å². The Morgan fingerprint density at radius 2 is 1.97 bits per heavy atom. The number of hydrazone groups is 1. The molecule has 0 spiro atoms. The molecule has 1 unspecified atom stereocenters. The van der Waals surface area contributed by atoms with E-state index in [1.165, 1.54) is 17.1 Å². The summed E-state index contributed by atoms with van der Waals surface area (Å²) in [5, 5.41) is 6.09. The second kappa shape index (κ2) is 7.91. The highest BCUT2D eigenvalue weighted by Crippen LogP contribution is 2.34. The molecule has 0 saturated heterocycles. The van der Waals surface area contributed by atoms with E-state index in [0.717, 1.165) is 24.1 Å². The molecule has 1 fully saturated rings. The van der Waals surface area contributed by atoms with Gasteiger partial charge in [-0.2, -0.15) is 5.10 Å². The van der Waals surface area contributed by atoms with Crippen molar-refractivity contribution in [3.05, 3.63) is 84.0 Å². The van der Waals surface area contributed by atoms with Crippen LogP contribution in [0.2, 0.25) is 0 Å². The molecule has 1 saturated carbocycles. The molecule has 6 nitrogen and oxygen atoms in total. The van der Waals surface area contributed by atoms with Gasteiger partial charge in [-0.05, 0) is 54.8 Å². The van der Waals surface area contributed by atoms with Crippen molar-refractivity contribution in [2.75, 3.05) is 6.54 Å². The van der Waals surface area contributed by atoms with Gasteiger partial charge in [0, 0.05) is 19.0 Å². The molecule has 1 atom stereocenters. The van der Waals surface area contributed by atoms with Crippen LogP contribution in [0.5, 0.6) is 0 Å². The van der Waals surface area contributed by atoms with Crippen molar-refractivity contribution in [2.45, 2.75) is 37.9 Å². The first-order chi connectivity index (χ1) is 14.7. The highest BCUT2D eigenvalue weighted by atomic mass is 19.1. The number of carbonyl (C=O) groups excluding carboxylic acids is 1. The van der Waals surface area contributed by atoms with E-state index >= 15 is 0 Å². The highest BCUT2D eigenvalue weighted by Gasteiger charge is 2.38. The summed E-state index contributed by atoms with van der Waals surface area (Å²) < 4.78 is 24.7. The van der Waals surface area contributed by atoms with Gasteiger partial charge < -0.3 is 8.83 Å². The first-order valence-electron chi connectivity index (χ1n) is 10.1. The summed E-state index contributed by atoms with van der Waals surface area (Å²) >= 11 is 0. The van der Waals surface area contributed by atoms with Crippen molar-refractivity contribution in [3.63, 3.8) is 0 Å². The molecule has 3 aromatic rings. The molecule has 5 rings (SSSR count). The van der Waals surface area contributed by atoms with Crippen LogP contribution in [0.1, 0.15) is 42.4 Å². The lowest BCUT2D eigenvalue weighted by Crippen LogP contribution is -2.39. The van der Waals surface area contributed by atoms with Crippen LogP contribution >= 0.6 is 0 Å². The van der Waals surface area contributed by atoms with Crippen molar-refractivity contribution in [3.8, 4) is 0 Å². The van der Waals surface area contributed by atoms with Gasteiger partial charge in [0.15, 0.2) is 0 Å². The van der Waals surface area contributed by atoms with Crippen molar-refractivity contribution in [1.29, 1.82) is 0 Å². The second-order valence-electron chi connectivity index (χ2n) is 7.76. The van der Waals surface area contributed by atoms with E-state index in [1.54, 1.807) is 24.7 Å². The van der Waals surface area contributed by atoms with Crippen LogP contribution in [0, 0.1) is 5.82 Å². The maximum atomic E-state index is 13.6. The van der Waals surface area contributed by atoms with Gasteiger partial charge in [0.1, 0.15) is 29.1 Å². The summed E-state index contributed by atoms with van der Waals surface area (Å²) in [6.45, 7) is 0.746. The van der Waals surface area contributed by atoms with Crippen LogP contribution in [-0.4, -0.2) is 34.1 Å². The SMILES string of the molecule is O=C(CN(Cc1cccc(F)c1)C1CC1)N1N=C(c2ccco2)CC1c1ccco1. The van der Waals surface area contributed by atoms with Crippen LogP contribution < -0.4 is 0 Å². The summed E-state index contributed by atoms with van der Waals surface area (Å²) in [6.07, 6.45) is 5.82. The predicted octanol–water partition coefficient (Wildman–Crippen LogP) is 4.35. The molecule has 1 aromatic carbocycles. The summed E-state index contributed by atoms with van der Waals surface area (Å²) in [5.41, 5.74) is 1.58. The van der Waals surface area contributed by atoms with E-state index in [4.69, 9.17) is 8.83 Å². The van der Waals surface area contributed by atoms with E-state index in [0.29, 0.717) is 30.5 Å². The zero-order chi connectivity index (χ0) is 20.5. The van der Waals surface area contributed by atoms with Crippen LogP contribution in [-0.2, 0) is 11.3 Å². The fourth-order valence-electron chi connectivity index (χ4n) is 3.90. The molecule has 154 valence electrons. The van der Waals surface area contributed by atoms with E-state index < -0.39 is 0 Å². The topological polar surface area (TPSA) is 62.2 Å². The summed E-state index contributed by atoms with van der Waals surface area (Å²) in [5.74, 6) is 0.971. The van der Waals surface area contributed by atoms with Gasteiger partial charge in [0.05, 0.1) is 19.1 Å². The predicted molar refractivity (Wildman–Crippen MR) is 108 cm³/mol. The molecular formula is C23H22FN3O3. The molecule has 30 heavy (non-hydrogen) atoms. The van der Waals surface area contributed by atoms with E-state index in [9.17, 15) is 9.18 Å². The van der Waals surface area contributed by atoms with Crippen molar-refractivity contribution in [1.82, 2.24) is 9.91 Å². The first-order valence-corrected chi connectivity index (χ1v) is 10.1. The zero-order valence-electron chi connectivity index (χ0n) is 16.4. The lowest BCUT2D eigenvalue weighted by atomic mass is 10.1. The number of benzene rings is 1. The molecule has 1 aliphatic heterocycles. The first kappa shape index (κ1) is 18.8. The minimum Gasteiger partial charge on any atom is -0.467 e. The number of furan rings is 2. The quantitative estimate of drug-likeness (QED) is 0.584. The largest absolute Gasteiger partial charge is 0.467 e. The van der Waals surface area contributed by atoms with E-state index in [1.807, 2.05) is 24.3 Å². The third-order valence-corrected chi connectivity index (χ3v) is 5.52. The van der Waals surface area contributed by atoms with Crippen molar-refractivity contribution < 1.29 is 18.0 Å². The van der Waals surface area contributed by atoms with Gasteiger partial charge >= 0.3 is 0 Å². The Balaban J connectivity index is 1.36. The summed E-state index contributed by atoms with van der Waals surface area (Å²) in [6, 6.07) is 13.9. The molecule has 0 N–H and O–H groups in total. The number of halogens is 1. The number of hydrogen-bond acceptors (Lipinski definition) is 5. The zero-order valence-corrected chi connectivity index (χ0v) is 16.4. The fourth-order valence-corrected chi connectivity index (χ4v) is 3.90. The summed E-state index contributed by atoms with van der Waals surface area (Å²) in [7, 11) is 0. The average Bonchev–Trinajstić information content (AvgIpc) is 3.17. The number of rotatable bonds is 7. The Bertz CT molecular complexity index is 1040. The number of nitrogens with zero attached hydrogens (tertiary/aromatic N) is 3. The molecule has 1 amide bonds. The minimum atomic E-state index is -0.303. The third kappa shape index (κ3) is 3.93. The fraction of sp³-hybridized carbons (Fsp3) is 0.304. The Labute approximate surface area is 173 Å². The minimum absolute atomic E-state index is 0.110. The van der Waals surface area contributed by atoms with E-state index in [-0.39, 0.29) is 24.3 Å². The van der Waals surface area contributed by atoms with Crippen molar-refractivity contribution >= 4 is 11.6 Å². The van der Waals surface area contributed by atoms with Crippen LogP contribution in [0.4, 0.5) is 4.39 Å². The monoisotopic (exact) mass is 407 g/mol. The Morgan fingerprint density at radius 1 is 1.13 bits per heavy atom. The lowest BCUT2D eigenvalue weighted by molar-refractivity contribution is -0.134. The summed E-state index contributed by atoms with van der Waals surface area (Å²) in [4.78, 5) is 15.4. The average molecular weight is 407 g/mol. The lowest BCUT2D eigenvalue weighted by Gasteiger charge is -2.26. The van der Waals surface area contributed by atoms with Gasteiger partial charge in [0.25, 0.3) is 5.91 Å². The van der Waals surface area contributed by atoms with Gasteiger partial charge in [-0.15, -0.1) is 0 Å². The Morgan fingerprint density at radius 3 is 2.67 bits per heavy atom. The van der Waals surface area contributed by atoms with Crippen LogP contribution in [0.25, 0.3) is 0 Å². The molecule has 3 heterocycles. The smallest absolute Gasteiger partial charge is 0.257 e. The third-order valence-electron chi connectivity index (χ3n) is 5.52. The molecule has 2 aliphatic rings. The van der Waals surface area contributed by atoms with Crippen molar-refractivity contribution in [2.24, 2.45) is 5.10 Å². The Hall–Kier alpha value is -3.19. The standard InChI is InChI=1S/C23H22FN3O3/c24-17-5-1-4-16(12-17)14-26(18-8-9-18)15-23(28)27-20(22-7-3-11-30-22)13-19(25-27)21-6-2-10-29-21/h1-7,10-12,18,20H,8-9,13-15H2. The molecule has 2 aromatic heterocycles. The van der Waals surface area contributed by atoms with Gasteiger partial charge in [-0.25, -0.2) is 9.40 Å². The van der Waals surface area contributed by atoms with Crippen LogP contribution in [0.3, 0.4) is 0 Å². The number of hydrogen-bond donors (Lipinski definition) is 0. The molecule has 0 radical (unpaired) electrons. The van der Waals surface area contributed by atoms with Gasteiger partial charge in [-0.1, -0.05) is 12.1 Å². The normalized spacial score (nSPS) is 18.8. The highest BCUT2D eigenvalue weighted by molar-refractivity contribution is 6.01. The molecule has 0 bridgehead atoms. The van der Waals surface area contributed by atoms with Gasteiger partial charge in [0.2, 0.25) is 0 Å². The molecular weight excluding hydrogens is 385 g/mol. The number of amides is 1. The number of carbonyl (C=O) groups is 1. The van der Waals surface area contributed by atoms with Gasteiger partial charge in [-0.3, -0.25) is 9.69 Å². The molecule has 7 heteroatoms. The molecule has 1 aliphatic carbocycles. The maximum absolute atomic E-state index is 13.6. The van der Waals surface area contributed by atoms with Crippen LogP contribution in [0.15, 0.2) is 75.0 Å². The maximum Gasteiger partial charge on any atom is 0.257 e.